The van der Waals surface area contributed by atoms with Crippen molar-refractivity contribution in [1.29, 1.82) is 0 Å². The first kappa shape index (κ1) is 9.50. The summed E-state index contributed by atoms with van der Waals surface area (Å²) in [5.41, 5.74) is 0. The van der Waals surface area contributed by atoms with Crippen molar-refractivity contribution in [2.75, 3.05) is 7.11 Å². The Morgan fingerprint density at radius 3 is 2.85 bits per heavy atom. The highest BCUT2D eigenvalue weighted by Crippen LogP contribution is 2.05. The zero-order valence-electron chi connectivity index (χ0n) is 7.79. The maximum absolute atomic E-state index is 10.8. The van der Waals surface area contributed by atoms with Gasteiger partial charge in [-0.25, -0.2) is 9.78 Å². The van der Waals surface area contributed by atoms with Crippen LogP contribution in [0, 0.1) is 6.92 Å². The molecular formula is C7H12N4O2. The average molecular weight is 184 g/mol. The molecule has 1 amide bonds. The Morgan fingerprint density at radius 1 is 1.69 bits per heavy atom. The van der Waals surface area contributed by atoms with Gasteiger partial charge in [0.1, 0.15) is 5.82 Å². The summed E-state index contributed by atoms with van der Waals surface area (Å²) in [6.45, 7) is 3.57. The first-order valence-electron chi connectivity index (χ1n) is 3.87. The maximum atomic E-state index is 10.8. The molecule has 6 nitrogen and oxygen atoms in total. The van der Waals surface area contributed by atoms with E-state index < -0.39 is 6.09 Å². The standard InChI is InChI=1S/C7H12N4O2/c1-4(8-7(12)13-3)6-9-5(2)10-11-6/h4H,1-3H3,(H,8,12)(H,9,10,11). The molecule has 1 aromatic heterocycles. The van der Waals surface area contributed by atoms with Crippen LogP contribution in [0.5, 0.6) is 0 Å². The van der Waals surface area contributed by atoms with Crippen molar-refractivity contribution in [2.24, 2.45) is 0 Å². The number of alkyl carbamates (subject to hydrolysis) is 1. The van der Waals surface area contributed by atoms with Crippen molar-refractivity contribution in [3.8, 4) is 0 Å². The van der Waals surface area contributed by atoms with E-state index in [1.165, 1.54) is 7.11 Å². The fourth-order valence-corrected chi connectivity index (χ4v) is 0.854. The molecule has 0 bridgehead atoms. The van der Waals surface area contributed by atoms with Gasteiger partial charge < -0.3 is 10.1 Å². The van der Waals surface area contributed by atoms with Gasteiger partial charge >= 0.3 is 6.09 Å². The van der Waals surface area contributed by atoms with E-state index in [-0.39, 0.29) is 6.04 Å². The van der Waals surface area contributed by atoms with E-state index in [0.717, 1.165) is 0 Å². The molecule has 13 heavy (non-hydrogen) atoms. The Bertz CT molecular complexity index is 296. The molecule has 1 atom stereocenters. The van der Waals surface area contributed by atoms with Crippen LogP contribution in [0.1, 0.15) is 24.6 Å². The second-order valence-electron chi connectivity index (χ2n) is 2.64. The van der Waals surface area contributed by atoms with E-state index in [9.17, 15) is 4.79 Å². The summed E-state index contributed by atoms with van der Waals surface area (Å²) in [6.07, 6.45) is -0.491. The van der Waals surface area contributed by atoms with Crippen LogP contribution in [-0.4, -0.2) is 28.4 Å². The average Bonchev–Trinajstić information content (AvgIpc) is 2.51. The number of amides is 1. The van der Waals surface area contributed by atoms with Crippen LogP contribution in [0.3, 0.4) is 0 Å². The third-order valence-corrected chi connectivity index (χ3v) is 1.52. The molecule has 2 N–H and O–H groups in total. The van der Waals surface area contributed by atoms with Crippen molar-refractivity contribution in [1.82, 2.24) is 20.5 Å². The summed E-state index contributed by atoms with van der Waals surface area (Å²) in [5, 5.41) is 9.14. The zero-order chi connectivity index (χ0) is 9.84. The lowest BCUT2D eigenvalue weighted by atomic mass is 10.3. The van der Waals surface area contributed by atoms with E-state index in [2.05, 4.69) is 25.2 Å². The largest absolute Gasteiger partial charge is 0.453 e. The molecule has 0 aliphatic heterocycles. The molecule has 0 spiro atoms. The van der Waals surface area contributed by atoms with Crippen LogP contribution < -0.4 is 5.32 Å². The lowest BCUT2D eigenvalue weighted by molar-refractivity contribution is 0.167. The van der Waals surface area contributed by atoms with Crippen molar-refractivity contribution >= 4 is 6.09 Å². The van der Waals surface area contributed by atoms with Crippen LogP contribution in [-0.2, 0) is 4.74 Å². The zero-order valence-corrected chi connectivity index (χ0v) is 7.79. The number of aromatic nitrogens is 3. The van der Waals surface area contributed by atoms with E-state index in [4.69, 9.17) is 0 Å². The third kappa shape index (κ3) is 2.43. The molecule has 1 rings (SSSR count). The van der Waals surface area contributed by atoms with Gasteiger partial charge in [-0.2, -0.15) is 5.10 Å². The van der Waals surface area contributed by atoms with Gasteiger partial charge in [0.05, 0.1) is 13.2 Å². The van der Waals surface area contributed by atoms with Crippen LogP contribution >= 0.6 is 0 Å². The number of methoxy groups -OCH3 is 1. The summed E-state index contributed by atoms with van der Waals surface area (Å²) in [5.74, 6) is 1.26. The van der Waals surface area contributed by atoms with Crippen LogP contribution in [0.15, 0.2) is 0 Å². The highest BCUT2D eigenvalue weighted by molar-refractivity contribution is 5.67. The molecule has 0 fully saturated rings. The SMILES string of the molecule is COC(=O)NC(C)c1n[nH]c(C)n1. The predicted octanol–water partition coefficient (Wildman–Crippen LogP) is 0.530. The van der Waals surface area contributed by atoms with Crippen LogP contribution in [0.4, 0.5) is 4.79 Å². The van der Waals surface area contributed by atoms with E-state index >= 15 is 0 Å². The fraction of sp³-hybridized carbons (Fsp3) is 0.571. The van der Waals surface area contributed by atoms with Crippen LogP contribution in [0.2, 0.25) is 0 Å². The second-order valence-corrected chi connectivity index (χ2v) is 2.64. The summed E-state index contributed by atoms with van der Waals surface area (Å²) in [6, 6.07) is -0.252. The number of aromatic amines is 1. The molecule has 0 aromatic carbocycles. The molecule has 6 heteroatoms. The van der Waals surface area contributed by atoms with E-state index in [0.29, 0.717) is 11.6 Å². The molecule has 0 saturated carbocycles. The molecule has 0 saturated heterocycles. The van der Waals surface area contributed by atoms with Gasteiger partial charge in [0.2, 0.25) is 0 Å². The molecule has 1 heterocycles. The molecule has 0 aliphatic rings. The number of rotatable bonds is 2. The number of carbonyl (C=O) groups is 1. The lowest BCUT2D eigenvalue weighted by Crippen LogP contribution is -2.27. The van der Waals surface area contributed by atoms with Crippen molar-refractivity contribution < 1.29 is 9.53 Å². The smallest absolute Gasteiger partial charge is 0.407 e. The van der Waals surface area contributed by atoms with Gasteiger partial charge in [-0.3, -0.25) is 5.10 Å². The molecule has 72 valence electrons. The van der Waals surface area contributed by atoms with E-state index in [1.54, 1.807) is 13.8 Å². The maximum Gasteiger partial charge on any atom is 0.407 e. The summed E-state index contributed by atoms with van der Waals surface area (Å²) in [4.78, 5) is 14.9. The summed E-state index contributed by atoms with van der Waals surface area (Å²) >= 11 is 0. The number of carbonyl (C=O) groups excluding carboxylic acids is 1. The molecule has 0 aliphatic carbocycles. The van der Waals surface area contributed by atoms with Gasteiger partial charge in [-0.1, -0.05) is 0 Å². The Morgan fingerprint density at radius 2 is 2.38 bits per heavy atom. The normalized spacial score (nSPS) is 12.2. The minimum atomic E-state index is -0.491. The Labute approximate surface area is 75.7 Å². The monoisotopic (exact) mass is 184 g/mol. The molecule has 1 aromatic rings. The van der Waals surface area contributed by atoms with Gasteiger partial charge in [-0.05, 0) is 13.8 Å². The van der Waals surface area contributed by atoms with Gasteiger partial charge in [-0.15, -0.1) is 0 Å². The lowest BCUT2D eigenvalue weighted by Gasteiger charge is -2.07. The summed E-state index contributed by atoms with van der Waals surface area (Å²) < 4.78 is 4.43. The molecule has 0 radical (unpaired) electrons. The fourth-order valence-electron chi connectivity index (χ4n) is 0.854. The number of nitrogens with one attached hydrogen (secondary N) is 2. The Balaban J connectivity index is 2.58. The number of hydrogen-bond acceptors (Lipinski definition) is 4. The minimum Gasteiger partial charge on any atom is -0.453 e. The van der Waals surface area contributed by atoms with Crippen molar-refractivity contribution in [3.05, 3.63) is 11.6 Å². The Hall–Kier alpha value is -1.59. The van der Waals surface area contributed by atoms with Gasteiger partial charge in [0, 0.05) is 0 Å². The van der Waals surface area contributed by atoms with Gasteiger partial charge in [0.15, 0.2) is 5.82 Å². The predicted molar refractivity (Wildman–Crippen MR) is 45.1 cm³/mol. The number of H-pyrrole nitrogens is 1. The first-order chi connectivity index (χ1) is 6.13. The molecule has 1 unspecified atom stereocenters. The highest BCUT2D eigenvalue weighted by atomic mass is 16.5. The first-order valence-corrected chi connectivity index (χ1v) is 3.87. The number of ether oxygens (including phenoxy) is 1. The number of nitrogens with zero attached hydrogens (tertiary/aromatic N) is 2. The Kier molecular flexibility index (Phi) is 2.84. The topological polar surface area (TPSA) is 79.9 Å². The van der Waals surface area contributed by atoms with Crippen molar-refractivity contribution in [3.63, 3.8) is 0 Å². The summed E-state index contributed by atoms with van der Waals surface area (Å²) in [7, 11) is 1.31. The molecular weight excluding hydrogens is 172 g/mol. The van der Waals surface area contributed by atoms with Crippen LogP contribution in [0.25, 0.3) is 0 Å². The number of hydrogen-bond donors (Lipinski definition) is 2. The second kappa shape index (κ2) is 3.88. The quantitative estimate of drug-likeness (QED) is 0.702. The third-order valence-electron chi connectivity index (χ3n) is 1.52. The minimum absolute atomic E-state index is 0.252. The van der Waals surface area contributed by atoms with Crippen molar-refractivity contribution in [2.45, 2.75) is 19.9 Å². The number of aryl methyl sites for hydroxylation is 1. The van der Waals surface area contributed by atoms with Gasteiger partial charge in [0.25, 0.3) is 0 Å². The van der Waals surface area contributed by atoms with E-state index in [1.807, 2.05) is 0 Å². The highest BCUT2D eigenvalue weighted by Gasteiger charge is 2.12.